The molecule has 1 aromatic heterocycles. The van der Waals surface area contributed by atoms with E-state index in [1.807, 2.05) is 17.8 Å². The van der Waals surface area contributed by atoms with Gasteiger partial charge in [-0.25, -0.2) is 8.78 Å². The highest BCUT2D eigenvalue weighted by atomic mass is 32.2. The minimum atomic E-state index is -0.793. The molecule has 0 radical (unpaired) electrons. The maximum atomic E-state index is 13.8. The number of fused-ring (bicyclic) bond motifs is 1. The molecule has 0 saturated carbocycles. The average Bonchev–Trinajstić information content (AvgIpc) is 2.86. The van der Waals surface area contributed by atoms with E-state index in [2.05, 4.69) is 0 Å². The molecular formula is C15H12F2OS2. The molecule has 0 N–H and O–H groups in total. The number of halogens is 2. The second kappa shape index (κ2) is 5.30. The van der Waals surface area contributed by atoms with Gasteiger partial charge in [-0.2, -0.15) is 11.8 Å². The summed E-state index contributed by atoms with van der Waals surface area (Å²) in [5, 5.41) is 0. The number of rotatable bonds is 2. The highest BCUT2D eigenvalue weighted by Crippen LogP contribution is 2.33. The van der Waals surface area contributed by atoms with Crippen LogP contribution in [-0.4, -0.2) is 11.5 Å². The van der Waals surface area contributed by atoms with Crippen LogP contribution < -0.4 is 0 Å². The van der Waals surface area contributed by atoms with Crippen molar-refractivity contribution < 1.29 is 13.6 Å². The number of thioether (sulfide) groups is 1. The summed E-state index contributed by atoms with van der Waals surface area (Å²) in [4.78, 5) is 14.1. The smallest absolute Gasteiger partial charge is 0.205 e. The third kappa shape index (κ3) is 2.40. The normalized spacial score (nSPS) is 14.2. The van der Waals surface area contributed by atoms with Crippen LogP contribution in [-0.2, 0) is 12.2 Å². The predicted octanol–water partition coefficient (Wildman–Crippen LogP) is 4.36. The molecule has 0 amide bonds. The van der Waals surface area contributed by atoms with Crippen molar-refractivity contribution in [3.8, 4) is 0 Å². The molecule has 0 spiro atoms. The second-order valence-electron chi connectivity index (χ2n) is 4.77. The summed E-state index contributed by atoms with van der Waals surface area (Å²) in [7, 11) is 0. The van der Waals surface area contributed by atoms with Gasteiger partial charge in [0.2, 0.25) is 5.78 Å². The number of benzene rings is 1. The summed E-state index contributed by atoms with van der Waals surface area (Å²) < 4.78 is 27.0. The Morgan fingerprint density at radius 2 is 2.00 bits per heavy atom. The van der Waals surface area contributed by atoms with Gasteiger partial charge in [-0.3, -0.25) is 4.79 Å². The SMILES string of the molecule is Cc1cc(C(=O)c2cc3c(s2)CCSC3)c(F)cc1F. The Bertz CT molecular complexity index is 668. The van der Waals surface area contributed by atoms with Crippen molar-refractivity contribution in [3.05, 3.63) is 56.3 Å². The van der Waals surface area contributed by atoms with Gasteiger partial charge in [-0.05, 0) is 42.4 Å². The van der Waals surface area contributed by atoms with Crippen LogP contribution in [0.25, 0.3) is 0 Å². The lowest BCUT2D eigenvalue weighted by molar-refractivity contribution is 0.103. The van der Waals surface area contributed by atoms with E-state index in [0.717, 1.165) is 24.0 Å². The molecule has 1 aliphatic heterocycles. The third-order valence-electron chi connectivity index (χ3n) is 3.34. The third-order valence-corrected chi connectivity index (χ3v) is 5.59. The molecule has 5 heteroatoms. The molecule has 0 unspecified atom stereocenters. The fourth-order valence-corrected chi connectivity index (χ4v) is 4.55. The number of carbonyl (C=O) groups is 1. The maximum Gasteiger partial charge on any atom is 0.205 e. The Kier molecular flexibility index (Phi) is 3.65. The van der Waals surface area contributed by atoms with Crippen LogP contribution in [0, 0.1) is 18.6 Å². The number of hydrogen-bond donors (Lipinski definition) is 0. The average molecular weight is 310 g/mol. The minimum absolute atomic E-state index is 0.0462. The van der Waals surface area contributed by atoms with Crippen molar-refractivity contribution in [1.82, 2.24) is 0 Å². The van der Waals surface area contributed by atoms with Gasteiger partial charge in [0.25, 0.3) is 0 Å². The quantitative estimate of drug-likeness (QED) is 0.767. The molecule has 0 atom stereocenters. The molecule has 0 saturated heterocycles. The van der Waals surface area contributed by atoms with Gasteiger partial charge in [0, 0.05) is 16.7 Å². The second-order valence-corrected chi connectivity index (χ2v) is 7.01. The maximum absolute atomic E-state index is 13.8. The predicted molar refractivity (Wildman–Crippen MR) is 78.7 cm³/mol. The van der Waals surface area contributed by atoms with E-state index >= 15 is 0 Å². The van der Waals surface area contributed by atoms with Crippen molar-refractivity contribution in [2.75, 3.05) is 5.75 Å². The van der Waals surface area contributed by atoms with Gasteiger partial charge in [-0.15, -0.1) is 11.3 Å². The summed E-state index contributed by atoms with van der Waals surface area (Å²) in [6.07, 6.45) is 0.961. The van der Waals surface area contributed by atoms with Gasteiger partial charge in [0.15, 0.2) is 0 Å². The Morgan fingerprint density at radius 3 is 2.75 bits per heavy atom. The van der Waals surface area contributed by atoms with Crippen molar-refractivity contribution >= 4 is 28.9 Å². The Morgan fingerprint density at radius 1 is 1.20 bits per heavy atom. The largest absolute Gasteiger partial charge is 0.288 e. The van der Waals surface area contributed by atoms with Crippen molar-refractivity contribution in [2.45, 2.75) is 19.1 Å². The number of hydrogen-bond acceptors (Lipinski definition) is 3. The summed E-state index contributed by atoms with van der Waals surface area (Å²) in [5.41, 5.74) is 1.41. The van der Waals surface area contributed by atoms with E-state index < -0.39 is 11.6 Å². The first kappa shape index (κ1) is 13.8. The van der Waals surface area contributed by atoms with E-state index in [4.69, 9.17) is 0 Å². The van der Waals surface area contributed by atoms with Crippen molar-refractivity contribution in [2.24, 2.45) is 0 Å². The Hall–Kier alpha value is -1.20. The fraction of sp³-hybridized carbons (Fsp3) is 0.267. The molecule has 1 aliphatic rings. The zero-order valence-corrected chi connectivity index (χ0v) is 12.5. The first-order valence-electron chi connectivity index (χ1n) is 6.26. The van der Waals surface area contributed by atoms with E-state index in [-0.39, 0.29) is 16.9 Å². The topological polar surface area (TPSA) is 17.1 Å². The lowest BCUT2D eigenvalue weighted by Gasteiger charge is -2.08. The van der Waals surface area contributed by atoms with E-state index in [1.165, 1.54) is 34.8 Å². The van der Waals surface area contributed by atoms with Gasteiger partial charge < -0.3 is 0 Å². The lowest BCUT2D eigenvalue weighted by Crippen LogP contribution is -2.04. The lowest BCUT2D eigenvalue weighted by atomic mass is 10.0. The molecule has 0 aliphatic carbocycles. The number of aryl methyl sites for hydroxylation is 2. The van der Waals surface area contributed by atoms with E-state index in [9.17, 15) is 13.6 Å². The van der Waals surface area contributed by atoms with E-state index in [1.54, 1.807) is 0 Å². The molecule has 20 heavy (non-hydrogen) atoms. The summed E-state index contributed by atoms with van der Waals surface area (Å²) in [6.45, 7) is 1.53. The van der Waals surface area contributed by atoms with Crippen LogP contribution in [0.5, 0.6) is 0 Å². The first-order chi connectivity index (χ1) is 9.56. The van der Waals surface area contributed by atoms with Gasteiger partial charge >= 0.3 is 0 Å². The molecule has 1 nitrogen and oxygen atoms in total. The highest BCUT2D eigenvalue weighted by Gasteiger charge is 2.21. The van der Waals surface area contributed by atoms with Crippen LogP contribution in [0.4, 0.5) is 8.78 Å². The fourth-order valence-electron chi connectivity index (χ4n) is 2.22. The molecule has 0 bridgehead atoms. The zero-order valence-electron chi connectivity index (χ0n) is 10.8. The molecular weight excluding hydrogens is 298 g/mol. The van der Waals surface area contributed by atoms with Crippen LogP contribution >= 0.6 is 23.1 Å². The van der Waals surface area contributed by atoms with Gasteiger partial charge in [0.1, 0.15) is 11.6 Å². The molecule has 0 fully saturated rings. The molecule has 104 valence electrons. The van der Waals surface area contributed by atoms with Crippen molar-refractivity contribution in [3.63, 3.8) is 0 Å². The standard InChI is InChI=1S/C15H12F2OS2/c1-8-4-10(12(17)6-11(8)16)15(18)14-5-9-7-19-3-2-13(9)20-14/h4-6H,2-3,7H2,1H3. The van der Waals surface area contributed by atoms with Crippen LogP contribution in [0.3, 0.4) is 0 Å². The van der Waals surface area contributed by atoms with Crippen LogP contribution in [0.2, 0.25) is 0 Å². The molecule has 2 aromatic rings. The summed E-state index contributed by atoms with van der Waals surface area (Å²) >= 11 is 3.27. The van der Waals surface area contributed by atoms with Crippen molar-refractivity contribution in [1.29, 1.82) is 0 Å². The zero-order chi connectivity index (χ0) is 14.3. The Labute approximate surface area is 124 Å². The molecule has 1 aromatic carbocycles. The van der Waals surface area contributed by atoms with Gasteiger partial charge in [-0.1, -0.05) is 0 Å². The minimum Gasteiger partial charge on any atom is -0.288 e. The molecule has 2 heterocycles. The van der Waals surface area contributed by atoms with Crippen LogP contribution in [0.1, 0.15) is 31.2 Å². The number of thiophene rings is 1. The van der Waals surface area contributed by atoms with Gasteiger partial charge in [0.05, 0.1) is 10.4 Å². The Balaban J connectivity index is 2.00. The number of carbonyl (C=O) groups excluding carboxylic acids is 1. The van der Waals surface area contributed by atoms with E-state index in [0.29, 0.717) is 4.88 Å². The van der Waals surface area contributed by atoms with Crippen LogP contribution in [0.15, 0.2) is 18.2 Å². The summed E-state index contributed by atoms with van der Waals surface area (Å²) in [5.74, 6) is 0.199. The number of ketones is 1. The highest BCUT2D eigenvalue weighted by molar-refractivity contribution is 7.98. The first-order valence-corrected chi connectivity index (χ1v) is 8.23. The molecule has 3 rings (SSSR count). The summed E-state index contributed by atoms with van der Waals surface area (Å²) in [6, 6.07) is 3.93. The monoisotopic (exact) mass is 310 g/mol.